The van der Waals surface area contributed by atoms with E-state index in [-0.39, 0.29) is 24.6 Å². The number of hydrogen-bond donors (Lipinski definition) is 0. The van der Waals surface area contributed by atoms with Gasteiger partial charge in [-0.1, -0.05) is 6.07 Å². The van der Waals surface area contributed by atoms with Crippen LogP contribution in [0.15, 0.2) is 18.2 Å². The molecule has 0 amide bonds. The Bertz CT molecular complexity index is 483. The number of carbonyl (C=O) groups excluding carboxylic acids is 1. The van der Waals surface area contributed by atoms with Crippen LogP contribution in [0, 0.1) is 0 Å². The van der Waals surface area contributed by atoms with Gasteiger partial charge in [0, 0.05) is 18.4 Å². The maximum absolute atomic E-state index is 12.6. The molecular formula is C13H13F3O3. The highest BCUT2D eigenvalue weighted by molar-refractivity contribution is 5.79. The second-order valence-corrected chi connectivity index (χ2v) is 4.31. The van der Waals surface area contributed by atoms with Gasteiger partial charge < -0.3 is 9.47 Å². The molecule has 0 N–H and O–H groups in total. The van der Waals surface area contributed by atoms with Gasteiger partial charge >= 0.3 is 6.18 Å². The second kappa shape index (κ2) is 5.21. The lowest BCUT2D eigenvalue weighted by Crippen LogP contribution is -2.20. The molecule has 1 atom stereocenters. The molecular weight excluding hydrogens is 261 g/mol. The minimum atomic E-state index is -4.42. The molecule has 0 aliphatic carbocycles. The molecule has 1 aliphatic rings. The van der Waals surface area contributed by atoms with Gasteiger partial charge in [0.1, 0.15) is 11.5 Å². The molecule has 0 bridgehead atoms. The summed E-state index contributed by atoms with van der Waals surface area (Å²) < 4.78 is 48.2. The van der Waals surface area contributed by atoms with Gasteiger partial charge in [-0.2, -0.15) is 13.2 Å². The van der Waals surface area contributed by atoms with E-state index in [1.54, 1.807) is 0 Å². The zero-order valence-electron chi connectivity index (χ0n) is 10.3. The molecule has 19 heavy (non-hydrogen) atoms. The van der Waals surface area contributed by atoms with Crippen molar-refractivity contribution in [3.8, 4) is 5.75 Å². The quantitative estimate of drug-likeness (QED) is 0.831. The first-order chi connectivity index (χ1) is 8.91. The maximum Gasteiger partial charge on any atom is 0.416 e. The third kappa shape index (κ3) is 3.07. The lowest BCUT2D eigenvalue weighted by atomic mass is 9.98. The zero-order valence-corrected chi connectivity index (χ0v) is 10.3. The van der Waals surface area contributed by atoms with E-state index in [9.17, 15) is 18.0 Å². The summed E-state index contributed by atoms with van der Waals surface area (Å²) in [5.41, 5.74) is -0.307. The molecule has 1 aliphatic heterocycles. The lowest BCUT2D eigenvalue weighted by molar-refractivity contribution is -0.138. The molecule has 1 fully saturated rings. The number of methoxy groups -OCH3 is 1. The monoisotopic (exact) mass is 274 g/mol. The molecule has 1 aromatic carbocycles. The molecule has 0 aromatic heterocycles. The van der Waals surface area contributed by atoms with Crippen LogP contribution in [0.3, 0.4) is 0 Å². The summed E-state index contributed by atoms with van der Waals surface area (Å²) in [6.07, 6.45) is -4.44. The third-order valence-corrected chi connectivity index (χ3v) is 3.02. The minimum Gasteiger partial charge on any atom is -0.496 e. The van der Waals surface area contributed by atoms with E-state index >= 15 is 0 Å². The van der Waals surface area contributed by atoms with Gasteiger partial charge in [-0.3, -0.25) is 4.79 Å². The van der Waals surface area contributed by atoms with Gasteiger partial charge in [0.15, 0.2) is 0 Å². The van der Waals surface area contributed by atoms with Crippen molar-refractivity contribution in [2.24, 2.45) is 0 Å². The number of hydrogen-bond acceptors (Lipinski definition) is 3. The Kier molecular flexibility index (Phi) is 3.80. The summed E-state index contributed by atoms with van der Waals surface area (Å²) in [4.78, 5) is 11.4. The number of rotatable bonds is 2. The summed E-state index contributed by atoms with van der Waals surface area (Å²) in [7, 11) is 1.30. The van der Waals surface area contributed by atoms with E-state index in [1.807, 2.05) is 0 Å². The Balaban J connectivity index is 2.33. The van der Waals surface area contributed by atoms with Gasteiger partial charge in [-0.25, -0.2) is 0 Å². The molecule has 1 heterocycles. The van der Waals surface area contributed by atoms with Crippen LogP contribution in [0.5, 0.6) is 5.75 Å². The number of carbonyl (C=O) groups is 1. The predicted molar refractivity (Wildman–Crippen MR) is 60.9 cm³/mol. The van der Waals surface area contributed by atoms with E-state index in [0.717, 1.165) is 12.1 Å². The van der Waals surface area contributed by atoms with Crippen LogP contribution in [0.1, 0.15) is 30.1 Å². The summed E-state index contributed by atoms with van der Waals surface area (Å²) >= 11 is 0. The maximum atomic E-state index is 12.6. The molecule has 104 valence electrons. The molecule has 6 heteroatoms. The zero-order chi connectivity index (χ0) is 14.0. The van der Waals surface area contributed by atoms with Crippen LogP contribution in [-0.2, 0) is 15.7 Å². The average molecular weight is 274 g/mol. The Morgan fingerprint density at radius 1 is 1.37 bits per heavy atom. The number of ether oxygens (including phenoxy) is 2. The van der Waals surface area contributed by atoms with Crippen LogP contribution in [0.4, 0.5) is 13.2 Å². The van der Waals surface area contributed by atoms with E-state index in [4.69, 9.17) is 9.47 Å². The van der Waals surface area contributed by atoms with Crippen LogP contribution in [-0.4, -0.2) is 19.5 Å². The summed E-state index contributed by atoms with van der Waals surface area (Å²) in [5, 5.41) is 0. The minimum absolute atomic E-state index is 0.0400. The van der Waals surface area contributed by atoms with Gasteiger partial charge in [0.2, 0.25) is 0 Å². The average Bonchev–Trinajstić information content (AvgIpc) is 2.37. The Labute approximate surface area is 108 Å². The Morgan fingerprint density at radius 2 is 2.11 bits per heavy atom. The van der Waals surface area contributed by atoms with Crippen molar-refractivity contribution in [3.63, 3.8) is 0 Å². The second-order valence-electron chi connectivity index (χ2n) is 4.31. The fourth-order valence-corrected chi connectivity index (χ4v) is 2.04. The van der Waals surface area contributed by atoms with Crippen molar-refractivity contribution < 1.29 is 27.4 Å². The van der Waals surface area contributed by atoms with Crippen molar-refractivity contribution in [2.45, 2.75) is 25.1 Å². The fourth-order valence-electron chi connectivity index (χ4n) is 2.04. The van der Waals surface area contributed by atoms with Gasteiger partial charge in [0.05, 0.1) is 25.4 Å². The van der Waals surface area contributed by atoms with E-state index in [2.05, 4.69) is 0 Å². The van der Waals surface area contributed by atoms with Crippen molar-refractivity contribution >= 4 is 5.78 Å². The van der Waals surface area contributed by atoms with E-state index in [0.29, 0.717) is 12.0 Å². The van der Waals surface area contributed by atoms with Crippen molar-refractivity contribution in [1.82, 2.24) is 0 Å². The Hall–Kier alpha value is -1.56. The molecule has 0 saturated carbocycles. The highest BCUT2D eigenvalue weighted by Gasteiger charge is 2.32. The van der Waals surface area contributed by atoms with Crippen LogP contribution in [0.25, 0.3) is 0 Å². The van der Waals surface area contributed by atoms with Gasteiger partial charge in [-0.05, 0) is 12.1 Å². The molecule has 2 rings (SSSR count). The van der Waals surface area contributed by atoms with Gasteiger partial charge in [-0.15, -0.1) is 0 Å². The fraction of sp³-hybridized carbons (Fsp3) is 0.462. The number of ketones is 1. The molecule has 0 radical (unpaired) electrons. The van der Waals surface area contributed by atoms with E-state index < -0.39 is 17.8 Å². The normalized spacial score (nSPS) is 20.4. The number of benzene rings is 1. The lowest BCUT2D eigenvalue weighted by Gasteiger charge is -2.24. The summed E-state index contributed by atoms with van der Waals surface area (Å²) in [6, 6.07) is 3.21. The van der Waals surface area contributed by atoms with Crippen LogP contribution in [0.2, 0.25) is 0 Å². The van der Waals surface area contributed by atoms with Crippen molar-refractivity contribution in [1.29, 1.82) is 0 Å². The molecule has 0 spiro atoms. The first-order valence-corrected chi connectivity index (χ1v) is 5.80. The number of halogens is 3. The highest BCUT2D eigenvalue weighted by Crippen LogP contribution is 2.37. The van der Waals surface area contributed by atoms with Crippen molar-refractivity contribution in [3.05, 3.63) is 29.3 Å². The van der Waals surface area contributed by atoms with E-state index in [1.165, 1.54) is 13.2 Å². The smallest absolute Gasteiger partial charge is 0.416 e. The molecule has 1 unspecified atom stereocenters. The predicted octanol–water partition coefficient (Wildman–Crippen LogP) is 3.13. The van der Waals surface area contributed by atoms with Gasteiger partial charge in [0.25, 0.3) is 0 Å². The van der Waals surface area contributed by atoms with Crippen LogP contribution >= 0.6 is 0 Å². The highest BCUT2D eigenvalue weighted by atomic mass is 19.4. The summed E-state index contributed by atoms with van der Waals surface area (Å²) in [6.45, 7) is 0.285. The molecule has 1 saturated heterocycles. The number of Topliss-reactive ketones (excluding diaryl/α,β-unsaturated/α-hetero) is 1. The topological polar surface area (TPSA) is 35.5 Å². The first-order valence-electron chi connectivity index (χ1n) is 5.80. The number of alkyl halides is 3. The van der Waals surface area contributed by atoms with Crippen molar-refractivity contribution in [2.75, 3.05) is 13.7 Å². The largest absolute Gasteiger partial charge is 0.496 e. The summed E-state index contributed by atoms with van der Waals surface area (Å²) in [5.74, 6) is 0.132. The molecule has 3 nitrogen and oxygen atoms in total. The molecule has 1 aromatic rings. The van der Waals surface area contributed by atoms with Crippen LogP contribution < -0.4 is 4.74 Å². The third-order valence-electron chi connectivity index (χ3n) is 3.02. The SMILES string of the molecule is COc1cc(C(F)(F)F)ccc1C1CC(=O)CCO1. The first kappa shape index (κ1) is 13.9. The standard InChI is InChI=1S/C13H13F3O3/c1-18-11-6-8(13(14,15)16)2-3-10(11)12-7-9(17)4-5-19-12/h2-3,6,12H,4-5,7H2,1H3. The Morgan fingerprint density at radius 3 is 2.68 bits per heavy atom.